The third-order valence-corrected chi connectivity index (χ3v) is 7.23. The van der Waals surface area contributed by atoms with Crippen molar-refractivity contribution < 1.29 is 14.3 Å². The number of amides is 1. The Kier molecular flexibility index (Phi) is 6.53. The Balaban J connectivity index is 1.78. The van der Waals surface area contributed by atoms with Crippen molar-refractivity contribution >= 4 is 23.5 Å². The zero-order chi connectivity index (χ0) is 21.1. The molecule has 1 atom stereocenters. The third kappa shape index (κ3) is 4.16. The maximum absolute atomic E-state index is 13.1. The molecule has 2 aromatic rings. The fourth-order valence-corrected chi connectivity index (χ4v) is 5.64. The molecular formula is C22H29N3O4S. The van der Waals surface area contributed by atoms with Gasteiger partial charge in [-0.05, 0) is 30.5 Å². The summed E-state index contributed by atoms with van der Waals surface area (Å²) in [6, 6.07) is 6.10. The number of nitrogens with one attached hydrogen (secondary N) is 2. The number of H-pyrrole nitrogens is 1. The first-order chi connectivity index (χ1) is 14.6. The van der Waals surface area contributed by atoms with Crippen molar-refractivity contribution in [2.75, 3.05) is 25.3 Å². The van der Waals surface area contributed by atoms with Crippen LogP contribution in [0.15, 0.2) is 23.0 Å². The van der Waals surface area contributed by atoms with Gasteiger partial charge in [0.1, 0.15) is 11.6 Å². The number of hydrogen-bond donors (Lipinski definition) is 2. The minimum atomic E-state index is -0.240. The molecule has 2 heterocycles. The van der Waals surface area contributed by atoms with E-state index in [4.69, 9.17) is 9.47 Å². The average Bonchev–Trinajstić information content (AvgIpc) is 2.94. The van der Waals surface area contributed by atoms with Crippen molar-refractivity contribution in [2.24, 2.45) is 0 Å². The minimum Gasteiger partial charge on any atom is -0.496 e. The topological polar surface area (TPSA) is 85.4 Å². The predicted molar refractivity (Wildman–Crippen MR) is 118 cm³/mol. The van der Waals surface area contributed by atoms with E-state index < -0.39 is 0 Å². The van der Waals surface area contributed by atoms with Gasteiger partial charge in [0.25, 0.3) is 5.56 Å². The lowest BCUT2D eigenvalue weighted by Crippen LogP contribution is -2.19. The zero-order valence-electron chi connectivity index (χ0n) is 17.5. The normalized spacial score (nSPS) is 20.2. The molecule has 162 valence electrons. The first-order valence-corrected chi connectivity index (χ1v) is 11.6. The number of aromatic nitrogens is 2. The zero-order valence-corrected chi connectivity index (χ0v) is 18.3. The van der Waals surface area contributed by atoms with Crippen LogP contribution in [-0.2, 0) is 16.1 Å². The molecule has 2 N–H and O–H groups in total. The van der Waals surface area contributed by atoms with Crippen LogP contribution in [0.1, 0.15) is 66.5 Å². The molecular weight excluding hydrogens is 402 g/mol. The second kappa shape index (κ2) is 9.31. The van der Waals surface area contributed by atoms with Crippen molar-refractivity contribution in [1.29, 1.82) is 0 Å². The highest BCUT2D eigenvalue weighted by molar-refractivity contribution is 8.00. The van der Waals surface area contributed by atoms with Crippen LogP contribution in [0.5, 0.6) is 5.75 Å². The van der Waals surface area contributed by atoms with Crippen LogP contribution in [0.25, 0.3) is 0 Å². The summed E-state index contributed by atoms with van der Waals surface area (Å²) in [6.45, 7) is 0.415. The number of thioether (sulfide) groups is 1. The number of fused-ring (bicyclic) bond motifs is 1. The lowest BCUT2D eigenvalue weighted by atomic mass is 10.0. The van der Waals surface area contributed by atoms with E-state index in [0.717, 1.165) is 42.6 Å². The molecule has 30 heavy (non-hydrogen) atoms. The number of hydrogen-bond acceptors (Lipinski definition) is 5. The molecule has 0 saturated heterocycles. The molecule has 0 bridgehead atoms. The van der Waals surface area contributed by atoms with Gasteiger partial charge in [-0.1, -0.05) is 31.7 Å². The second-order valence-electron chi connectivity index (χ2n) is 7.96. The van der Waals surface area contributed by atoms with Gasteiger partial charge in [0, 0.05) is 12.7 Å². The molecule has 0 radical (unpaired) electrons. The summed E-state index contributed by atoms with van der Waals surface area (Å²) >= 11 is 1.48. The second-order valence-corrected chi connectivity index (χ2v) is 9.06. The third-order valence-electron chi connectivity index (χ3n) is 5.96. The number of nitrogens with zero attached hydrogens (tertiary/aromatic N) is 1. The Morgan fingerprint density at radius 2 is 1.90 bits per heavy atom. The fraction of sp³-hybridized carbons (Fsp3) is 0.545. The van der Waals surface area contributed by atoms with Gasteiger partial charge in [0.2, 0.25) is 5.91 Å². The Labute approximate surface area is 180 Å². The number of benzene rings is 1. The number of ether oxygens (including phenoxy) is 2. The largest absolute Gasteiger partial charge is 0.496 e. The smallest absolute Gasteiger partial charge is 0.270 e. The Bertz CT molecular complexity index is 960. The van der Waals surface area contributed by atoms with Gasteiger partial charge < -0.3 is 14.8 Å². The van der Waals surface area contributed by atoms with Crippen molar-refractivity contribution in [2.45, 2.75) is 56.4 Å². The first-order valence-electron chi connectivity index (χ1n) is 10.5. The van der Waals surface area contributed by atoms with Gasteiger partial charge in [-0.25, -0.2) is 0 Å². The van der Waals surface area contributed by atoms with Gasteiger partial charge in [-0.2, -0.15) is 0 Å². The summed E-state index contributed by atoms with van der Waals surface area (Å²) in [7, 11) is 3.28. The summed E-state index contributed by atoms with van der Waals surface area (Å²) in [5, 5.41) is 5.82. The molecule has 1 aromatic heterocycles. The van der Waals surface area contributed by atoms with Crippen molar-refractivity contribution in [3.63, 3.8) is 0 Å². The number of rotatable bonds is 5. The summed E-state index contributed by atoms with van der Waals surface area (Å²) in [5.74, 6) is 1.61. The summed E-state index contributed by atoms with van der Waals surface area (Å²) in [5.41, 5.74) is 2.39. The van der Waals surface area contributed by atoms with E-state index >= 15 is 0 Å². The number of aromatic amines is 1. The van der Waals surface area contributed by atoms with Gasteiger partial charge in [-0.3, -0.25) is 19.4 Å². The lowest BCUT2D eigenvalue weighted by Gasteiger charge is -2.20. The Hall–Kier alpha value is -2.19. The Morgan fingerprint density at radius 1 is 1.13 bits per heavy atom. The maximum atomic E-state index is 13.1. The quantitative estimate of drug-likeness (QED) is 0.699. The van der Waals surface area contributed by atoms with Crippen LogP contribution in [0.3, 0.4) is 0 Å². The highest BCUT2D eigenvalue weighted by Gasteiger charge is 2.32. The van der Waals surface area contributed by atoms with Crippen LogP contribution in [0.4, 0.5) is 5.82 Å². The average molecular weight is 432 g/mol. The van der Waals surface area contributed by atoms with E-state index in [1.807, 2.05) is 22.9 Å². The van der Waals surface area contributed by atoms with Crippen LogP contribution in [-0.4, -0.2) is 35.7 Å². The van der Waals surface area contributed by atoms with Crippen molar-refractivity contribution in [3.8, 4) is 5.75 Å². The molecule has 8 heteroatoms. The maximum Gasteiger partial charge on any atom is 0.270 e. The van der Waals surface area contributed by atoms with Gasteiger partial charge in [0.15, 0.2) is 0 Å². The number of carbonyl (C=O) groups excluding carboxylic acids is 1. The van der Waals surface area contributed by atoms with E-state index in [2.05, 4.69) is 10.4 Å². The van der Waals surface area contributed by atoms with Crippen molar-refractivity contribution in [1.82, 2.24) is 9.78 Å². The van der Waals surface area contributed by atoms with Crippen LogP contribution in [0.2, 0.25) is 0 Å². The first kappa shape index (κ1) is 21.1. The molecule has 1 saturated carbocycles. The molecule has 0 spiro atoms. The highest BCUT2D eigenvalue weighted by atomic mass is 32.2. The molecule has 0 unspecified atom stereocenters. The van der Waals surface area contributed by atoms with Crippen LogP contribution >= 0.6 is 11.8 Å². The monoisotopic (exact) mass is 431 g/mol. The molecule has 1 aliphatic carbocycles. The molecule has 1 fully saturated rings. The SMILES string of the molecule is COCc1cc([C@H]2SCC(=O)Nc3c2c(=O)[nH]n3C2CCCCCC2)ccc1OC. The number of carbonyl (C=O) groups is 1. The van der Waals surface area contributed by atoms with E-state index in [0.29, 0.717) is 23.7 Å². The summed E-state index contributed by atoms with van der Waals surface area (Å²) < 4.78 is 12.7. The van der Waals surface area contributed by atoms with Gasteiger partial charge in [-0.15, -0.1) is 11.8 Å². The molecule has 2 aliphatic rings. The van der Waals surface area contributed by atoms with Crippen LogP contribution < -0.4 is 15.6 Å². The molecule has 7 nitrogen and oxygen atoms in total. The Morgan fingerprint density at radius 3 is 2.60 bits per heavy atom. The standard InChI is InChI=1S/C22H29N3O4S/c1-28-12-15-11-14(9-10-17(15)29-2)20-19-21(23-18(26)13-30-20)25(24-22(19)27)16-7-5-3-4-6-8-16/h9-11,16,20H,3-8,12-13H2,1-2H3,(H,23,26)(H,24,27)/t20-/m1/s1. The number of methoxy groups -OCH3 is 2. The lowest BCUT2D eigenvalue weighted by molar-refractivity contribution is -0.113. The molecule has 4 rings (SSSR count). The van der Waals surface area contributed by atoms with Gasteiger partial charge >= 0.3 is 0 Å². The highest BCUT2D eigenvalue weighted by Crippen LogP contribution is 2.42. The number of anilines is 1. The molecule has 1 aliphatic heterocycles. The molecule has 1 aromatic carbocycles. The van der Waals surface area contributed by atoms with Crippen LogP contribution in [0, 0.1) is 0 Å². The fourth-order valence-electron chi connectivity index (χ4n) is 4.53. The van der Waals surface area contributed by atoms with Gasteiger partial charge in [0.05, 0.1) is 36.3 Å². The van der Waals surface area contributed by atoms with E-state index in [1.54, 1.807) is 14.2 Å². The van der Waals surface area contributed by atoms with Crippen molar-refractivity contribution in [3.05, 3.63) is 45.2 Å². The van der Waals surface area contributed by atoms with E-state index in [1.165, 1.54) is 24.6 Å². The van der Waals surface area contributed by atoms with E-state index in [-0.39, 0.29) is 22.8 Å². The molecule has 1 amide bonds. The minimum absolute atomic E-state index is 0.0734. The summed E-state index contributed by atoms with van der Waals surface area (Å²) in [4.78, 5) is 25.6. The van der Waals surface area contributed by atoms with E-state index in [9.17, 15) is 9.59 Å². The summed E-state index contributed by atoms with van der Waals surface area (Å²) in [6.07, 6.45) is 6.78. The predicted octanol–water partition coefficient (Wildman–Crippen LogP) is 4.00.